The zero-order valence-electron chi connectivity index (χ0n) is 24.4. The minimum atomic E-state index is -1.15. The van der Waals surface area contributed by atoms with Crippen LogP contribution in [0.1, 0.15) is 52.2 Å². The average Bonchev–Trinajstić information content (AvgIpc) is 2.94. The van der Waals surface area contributed by atoms with Crippen molar-refractivity contribution >= 4 is 23.8 Å². The summed E-state index contributed by atoms with van der Waals surface area (Å²) in [6.07, 6.45) is -2.78. The number of hydrogen-bond acceptors (Lipinski definition) is 8. The quantitative estimate of drug-likeness (QED) is 0.239. The van der Waals surface area contributed by atoms with E-state index in [0.717, 1.165) is 11.1 Å². The smallest absolute Gasteiger partial charge is 0.408 e. The summed E-state index contributed by atoms with van der Waals surface area (Å²) < 4.78 is 10.5. The number of ketones is 1. The molecule has 0 heterocycles. The summed E-state index contributed by atoms with van der Waals surface area (Å²) in [5.74, 6) is -2.40. The summed E-state index contributed by atoms with van der Waals surface area (Å²) in [5, 5.41) is 16.5. The second-order valence-corrected chi connectivity index (χ2v) is 10.7. The number of benzene rings is 2. The predicted octanol–water partition coefficient (Wildman–Crippen LogP) is 2.90. The topological polar surface area (TPSA) is 157 Å². The molecular weight excluding hydrogens is 526 g/mol. The van der Waals surface area contributed by atoms with Gasteiger partial charge in [0, 0.05) is 12.8 Å². The number of ether oxygens (including phenoxy) is 2. The molecule has 10 heteroatoms. The van der Waals surface area contributed by atoms with Gasteiger partial charge in [-0.1, -0.05) is 81.4 Å². The number of aliphatic hydroxyl groups excluding tert-OH is 1. The van der Waals surface area contributed by atoms with Gasteiger partial charge in [0.1, 0.15) is 12.6 Å². The van der Waals surface area contributed by atoms with E-state index in [4.69, 9.17) is 15.2 Å². The first-order valence-electron chi connectivity index (χ1n) is 13.8. The summed E-state index contributed by atoms with van der Waals surface area (Å²) in [5.41, 5.74) is 7.84. The van der Waals surface area contributed by atoms with E-state index in [-0.39, 0.29) is 25.4 Å². The molecule has 0 aromatic heterocycles. The average molecular weight is 570 g/mol. The lowest BCUT2D eigenvalue weighted by atomic mass is 9.86. The van der Waals surface area contributed by atoms with Crippen molar-refractivity contribution < 1.29 is 33.8 Å². The van der Waals surface area contributed by atoms with Crippen molar-refractivity contribution in [3.63, 3.8) is 0 Å². The molecule has 2 rings (SSSR count). The van der Waals surface area contributed by atoms with Crippen molar-refractivity contribution in [2.45, 2.75) is 84.4 Å². The van der Waals surface area contributed by atoms with Crippen LogP contribution in [0.5, 0.6) is 0 Å². The monoisotopic (exact) mass is 569 g/mol. The third-order valence-corrected chi connectivity index (χ3v) is 6.80. The maximum absolute atomic E-state index is 13.2. The number of carbonyl (C=O) groups is 4. The Balaban J connectivity index is 2.08. The fraction of sp³-hybridized carbons (Fsp3) is 0.484. The molecule has 2 amide bonds. The number of alkyl carbamates (subject to hydrolysis) is 1. The molecule has 5 N–H and O–H groups in total. The van der Waals surface area contributed by atoms with Gasteiger partial charge >= 0.3 is 12.1 Å². The van der Waals surface area contributed by atoms with E-state index in [1.807, 2.05) is 74.5 Å². The number of carbonyl (C=O) groups excluding carboxylic acids is 4. The largest absolute Gasteiger partial charge is 0.453 e. The highest BCUT2D eigenvalue weighted by molar-refractivity contribution is 5.88. The highest BCUT2D eigenvalue weighted by atomic mass is 16.6. The third kappa shape index (κ3) is 11.3. The van der Waals surface area contributed by atoms with Crippen LogP contribution in [0, 0.1) is 11.8 Å². The van der Waals surface area contributed by atoms with Crippen LogP contribution in [-0.2, 0) is 36.9 Å². The number of hydrogen-bond donors (Lipinski definition) is 4. The number of aliphatic hydroxyl groups is 1. The van der Waals surface area contributed by atoms with Crippen molar-refractivity contribution in [2.24, 2.45) is 17.6 Å². The Labute approximate surface area is 242 Å². The molecule has 0 spiro atoms. The minimum absolute atomic E-state index is 0.0138. The van der Waals surface area contributed by atoms with Gasteiger partial charge in [-0.05, 0) is 36.8 Å². The van der Waals surface area contributed by atoms with Crippen molar-refractivity contribution in [1.29, 1.82) is 0 Å². The molecule has 0 saturated carbocycles. The fourth-order valence-electron chi connectivity index (χ4n) is 4.24. The molecule has 41 heavy (non-hydrogen) atoms. The molecule has 0 aliphatic rings. The third-order valence-electron chi connectivity index (χ3n) is 6.80. The molecule has 6 atom stereocenters. The first kappa shape index (κ1) is 33.4. The van der Waals surface area contributed by atoms with E-state index >= 15 is 0 Å². The lowest BCUT2D eigenvalue weighted by molar-refractivity contribution is -0.156. The van der Waals surface area contributed by atoms with Gasteiger partial charge in [0.05, 0.1) is 18.2 Å². The molecule has 2 aromatic rings. The van der Waals surface area contributed by atoms with Crippen LogP contribution >= 0.6 is 0 Å². The number of esters is 1. The van der Waals surface area contributed by atoms with Crippen LogP contribution in [0.2, 0.25) is 0 Å². The Morgan fingerprint density at radius 2 is 1.44 bits per heavy atom. The molecule has 2 unspecified atom stereocenters. The molecule has 0 fully saturated rings. The fourth-order valence-corrected chi connectivity index (χ4v) is 4.24. The first-order valence-corrected chi connectivity index (χ1v) is 13.8. The summed E-state index contributed by atoms with van der Waals surface area (Å²) >= 11 is 0. The van der Waals surface area contributed by atoms with Crippen LogP contribution in [-0.4, -0.2) is 59.2 Å². The van der Waals surface area contributed by atoms with Crippen LogP contribution in [0.4, 0.5) is 4.79 Å². The van der Waals surface area contributed by atoms with E-state index < -0.39 is 60.0 Å². The van der Waals surface area contributed by atoms with E-state index in [9.17, 15) is 24.3 Å². The summed E-state index contributed by atoms with van der Waals surface area (Å²) in [6, 6.07) is 16.0. The summed E-state index contributed by atoms with van der Waals surface area (Å²) in [4.78, 5) is 50.2. The predicted molar refractivity (Wildman–Crippen MR) is 154 cm³/mol. The van der Waals surface area contributed by atoms with E-state index in [1.165, 1.54) is 13.8 Å². The van der Waals surface area contributed by atoms with Crippen molar-refractivity contribution in [2.75, 3.05) is 0 Å². The number of Topliss-reactive ketones (excluding diaryl/α,β-unsaturated/α-hetero) is 1. The van der Waals surface area contributed by atoms with Gasteiger partial charge in [0.2, 0.25) is 5.91 Å². The van der Waals surface area contributed by atoms with E-state index in [0.29, 0.717) is 0 Å². The van der Waals surface area contributed by atoms with Gasteiger partial charge in [0.15, 0.2) is 11.9 Å². The zero-order valence-corrected chi connectivity index (χ0v) is 24.4. The van der Waals surface area contributed by atoms with Gasteiger partial charge in [-0.15, -0.1) is 0 Å². The number of amides is 2. The molecule has 0 bridgehead atoms. The van der Waals surface area contributed by atoms with Crippen LogP contribution in [0.3, 0.4) is 0 Å². The molecular formula is C31H43N3O7. The van der Waals surface area contributed by atoms with E-state index in [1.54, 1.807) is 6.92 Å². The minimum Gasteiger partial charge on any atom is -0.453 e. The van der Waals surface area contributed by atoms with Gasteiger partial charge in [0.25, 0.3) is 0 Å². The standard InChI is InChI=1S/C31H43N3O7/c1-19(2)27(32)29(41-22(5)35)28(37)20(3)16-26(36)25(17-23-12-8-6-9-13-23)34-30(38)21(4)33-31(39)40-18-24-14-10-7-11-15-24/h6-15,19-21,25-27,29,36H,16-18,32H2,1-5H3,(H,33,39)(H,34,38)/t20?,21-,25-,26-,27+,29?/m0/s1. The Kier molecular flexibility index (Phi) is 13.5. The highest BCUT2D eigenvalue weighted by Crippen LogP contribution is 2.20. The Hall–Kier alpha value is -3.76. The summed E-state index contributed by atoms with van der Waals surface area (Å²) in [7, 11) is 0. The van der Waals surface area contributed by atoms with Gasteiger partial charge in [-0.2, -0.15) is 0 Å². The lowest BCUT2D eigenvalue weighted by Crippen LogP contribution is -2.53. The van der Waals surface area contributed by atoms with E-state index in [2.05, 4.69) is 10.6 Å². The molecule has 0 radical (unpaired) electrons. The maximum atomic E-state index is 13.2. The highest BCUT2D eigenvalue weighted by Gasteiger charge is 2.36. The zero-order chi connectivity index (χ0) is 30.5. The number of rotatable bonds is 15. The van der Waals surface area contributed by atoms with Crippen LogP contribution in [0.25, 0.3) is 0 Å². The van der Waals surface area contributed by atoms with Crippen molar-refractivity contribution in [3.8, 4) is 0 Å². The van der Waals surface area contributed by atoms with Gasteiger partial charge in [-0.25, -0.2) is 4.79 Å². The van der Waals surface area contributed by atoms with Gasteiger partial charge < -0.3 is 30.9 Å². The number of nitrogens with two attached hydrogens (primary N) is 1. The first-order chi connectivity index (χ1) is 19.4. The van der Waals surface area contributed by atoms with Crippen LogP contribution in [0.15, 0.2) is 60.7 Å². The second-order valence-electron chi connectivity index (χ2n) is 10.7. The summed E-state index contributed by atoms with van der Waals surface area (Å²) in [6.45, 7) is 8.05. The Bertz CT molecular complexity index is 1130. The molecule has 0 aliphatic heterocycles. The second kappa shape index (κ2) is 16.5. The lowest BCUT2D eigenvalue weighted by Gasteiger charge is -2.30. The molecule has 2 aromatic carbocycles. The SMILES string of the molecule is CC(=O)OC(C(=O)C(C)C[C@H](O)[C@H](Cc1ccccc1)NC(=O)[C@H](C)NC(=O)OCc1ccccc1)[C@H](N)C(C)C. The molecule has 10 nitrogen and oxygen atoms in total. The van der Waals surface area contributed by atoms with Crippen LogP contribution < -0.4 is 16.4 Å². The normalized spacial score (nSPS) is 15.5. The molecule has 224 valence electrons. The number of nitrogens with one attached hydrogen (secondary N) is 2. The molecule has 0 aliphatic carbocycles. The van der Waals surface area contributed by atoms with Gasteiger partial charge in [-0.3, -0.25) is 14.4 Å². The molecule has 0 saturated heterocycles. The van der Waals surface area contributed by atoms with Crippen molar-refractivity contribution in [3.05, 3.63) is 71.8 Å². The maximum Gasteiger partial charge on any atom is 0.408 e. The Morgan fingerprint density at radius 1 is 0.878 bits per heavy atom. The Morgan fingerprint density at radius 3 is 1.98 bits per heavy atom. The van der Waals surface area contributed by atoms with Crippen molar-refractivity contribution in [1.82, 2.24) is 10.6 Å².